The maximum Gasteiger partial charge on any atom is 0.333 e. The molecule has 3 aromatic rings. The number of nitrogens with zero attached hydrogens (tertiary/aromatic N) is 1. The number of hydrogen-bond donors (Lipinski definition) is 1. The second-order valence-corrected chi connectivity index (χ2v) is 5.11. The first-order valence-electron chi connectivity index (χ1n) is 5.57. The van der Waals surface area contributed by atoms with Gasteiger partial charge in [-0.1, -0.05) is 6.07 Å². The van der Waals surface area contributed by atoms with E-state index in [1.54, 1.807) is 24.4 Å². The summed E-state index contributed by atoms with van der Waals surface area (Å²) in [5.41, 5.74) is 0.0819. The summed E-state index contributed by atoms with van der Waals surface area (Å²) in [6.07, 6.45) is 0. The van der Waals surface area contributed by atoms with Crippen LogP contribution in [0.2, 0.25) is 0 Å². The molecule has 6 heteroatoms. The fraction of sp³-hybridized carbons (Fsp3) is 0.0769. The Hall–Kier alpha value is -2.21. The zero-order chi connectivity index (χ0) is 13.6. The van der Waals surface area contributed by atoms with E-state index in [0.717, 1.165) is 10.1 Å². The summed E-state index contributed by atoms with van der Waals surface area (Å²) < 4.78 is 15.1. The Bertz CT molecular complexity index is 892. The minimum atomic E-state index is -0.639. The van der Waals surface area contributed by atoms with E-state index in [2.05, 4.69) is 4.98 Å². The summed E-state index contributed by atoms with van der Waals surface area (Å²) in [5, 5.41) is 1.71. The van der Waals surface area contributed by atoms with Gasteiger partial charge in [0.2, 0.25) is 0 Å². The van der Waals surface area contributed by atoms with Crippen LogP contribution in [0.3, 0.4) is 0 Å². The molecule has 0 bridgehead atoms. The van der Waals surface area contributed by atoms with E-state index in [9.17, 15) is 14.0 Å². The van der Waals surface area contributed by atoms with Crippen LogP contribution in [0.5, 0.6) is 0 Å². The molecular weight excluding hydrogens is 267 g/mol. The lowest BCUT2D eigenvalue weighted by molar-refractivity contribution is 0.613. The number of hydrogen-bond acceptors (Lipinski definition) is 3. The van der Waals surface area contributed by atoms with Crippen molar-refractivity contribution in [3.63, 3.8) is 0 Å². The van der Waals surface area contributed by atoms with Crippen LogP contribution < -0.4 is 11.2 Å². The number of benzene rings is 1. The SMILES string of the molecule is Cc1ccc(F)c(-n2c(=O)[nH]c3ccsc3c2=O)c1. The number of aromatic amines is 1. The van der Waals surface area contributed by atoms with E-state index in [1.165, 1.54) is 23.5 Å². The molecule has 0 aliphatic carbocycles. The van der Waals surface area contributed by atoms with Crippen molar-refractivity contribution in [1.29, 1.82) is 0 Å². The summed E-state index contributed by atoms with van der Waals surface area (Å²) >= 11 is 1.22. The van der Waals surface area contributed by atoms with Crippen LogP contribution in [0.25, 0.3) is 15.9 Å². The van der Waals surface area contributed by atoms with Gasteiger partial charge in [0.15, 0.2) is 0 Å². The Morgan fingerprint density at radius 1 is 1.26 bits per heavy atom. The first kappa shape index (κ1) is 11.9. The Labute approximate surface area is 110 Å². The fourth-order valence-electron chi connectivity index (χ4n) is 1.95. The highest BCUT2D eigenvalue weighted by Crippen LogP contribution is 2.16. The summed E-state index contributed by atoms with van der Waals surface area (Å²) in [5.74, 6) is -0.603. The van der Waals surface area contributed by atoms with Crippen molar-refractivity contribution in [2.45, 2.75) is 6.92 Å². The second-order valence-electron chi connectivity index (χ2n) is 4.19. The highest BCUT2D eigenvalue weighted by atomic mass is 32.1. The molecule has 19 heavy (non-hydrogen) atoms. The van der Waals surface area contributed by atoms with E-state index in [1.807, 2.05) is 0 Å². The Morgan fingerprint density at radius 2 is 2.05 bits per heavy atom. The molecule has 3 rings (SSSR count). The van der Waals surface area contributed by atoms with Crippen LogP contribution >= 0.6 is 11.3 Å². The van der Waals surface area contributed by atoms with Crippen molar-refractivity contribution in [3.05, 3.63) is 61.9 Å². The minimum Gasteiger partial charge on any atom is -0.306 e. The molecule has 2 aromatic heterocycles. The van der Waals surface area contributed by atoms with Crippen LogP contribution in [0.15, 0.2) is 39.2 Å². The van der Waals surface area contributed by atoms with Crippen molar-refractivity contribution in [3.8, 4) is 5.69 Å². The average Bonchev–Trinajstić information content (AvgIpc) is 2.82. The van der Waals surface area contributed by atoms with E-state index in [4.69, 9.17) is 0 Å². The summed E-state index contributed by atoms with van der Waals surface area (Å²) in [6.45, 7) is 1.77. The van der Waals surface area contributed by atoms with Gasteiger partial charge in [0, 0.05) is 0 Å². The molecule has 0 saturated carbocycles. The number of halogens is 1. The van der Waals surface area contributed by atoms with Crippen LogP contribution in [0.4, 0.5) is 4.39 Å². The van der Waals surface area contributed by atoms with Gasteiger partial charge in [-0.25, -0.2) is 13.8 Å². The van der Waals surface area contributed by atoms with Crippen LogP contribution in [-0.4, -0.2) is 9.55 Å². The standard InChI is InChI=1S/C13H9FN2O2S/c1-7-2-3-8(14)10(6-7)16-12(17)11-9(4-5-19-11)15-13(16)18/h2-6H,1H3,(H,15,18). The molecule has 0 unspecified atom stereocenters. The normalized spacial score (nSPS) is 11.1. The smallest absolute Gasteiger partial charge is 0.306 e. The fourth-order valence-corrected chi connectivity index (χ4v) is 2.73. The zero-order valence-corrected chi connectivity index (χ0v) is 10.8. The lowest BCUT2D eigenvalue weighted by Gasteiger charge is -2.06. The number of H-pyrrole nitrogens is 1. The third-order valence-corrected chi connectivity index (χ3v) is 3.75. The molecule has 0 spiro atoms. The lowest BCUT2D eigenvalue weighted by atomic mass is 10.2. The van der Waals surface area contributed by atoms with Crippen LogP contribution in [0.1, 0.15) is 5.56 Å². The topological polar surface area (TPSA) is 54.9 Å². The van der Waals surface area contributed by atoms with Crippen molar-refractivity contribution in [2.24, 2.45) is 0 Å². The van der Waals surface area contributed by atoms with Crippen molar-refractivity contribution in [1.82, 2.24) is 9.55 Å². The van der Waals surface area contributed by atoms with Gasteiger partial charge in [0.25, 0.3) is 5.56 Å². The monoisotopic (exact) mass is 276 g/mol. The van der Waals surface area contributed by atoms with E-state index in [-0.39, 0.29) is 5.69 Å². The molecule has 1 N–H and O–H groups in total. The first-order valence-corrected chi connectivity index (χ1v) is 6.45. The van der Waals surface area contributed by atoms with Crippen LogP contribution in [0, 0.1) is 12.7 Å². The van der Waals surface area contributed by atoms with Crippen molar-refractivity contribution >= 4 is 21.6 Å². The van der Waals surface area contributed by atoms with E-state index in [0.29, 0.717) is 10.2 Å². The molecule has 0 aliphatic rings. The summed E-state index contributed by atoms with van der Waals surface area (Å²) in [4.78, 5) is 26.8. The molecular formula is C13H9FN2O2S. The third kappa shape index (κ3) is 1.80. The highest BCUT2D eigenvalue weighted by molar-refractivity contribution is 7.17. The first-order chi connectivity index (χ1) is 9.08. The number of aromatic nitrogens is 2. The van der Waals surface area contributed by atoms with Gasteiger partial charge >= 0.3 is 5.69 Å². The largest absolute Gasteiger partial charge is 0.333 e. The predicted molar refractivity (Wildman–Crippen MR) is 72.7 cm³/mol. The van der Waals surface area contributed by atoms with Gasteiger partial charge in [-0.15, -0.1) is 11.3 Å². The maximum absolute atomic E-state index is 13.8. The van der Waals surface area contributed by atoms with Crippen molar-refractivity contribution < 1.29 is 4.39 Å². The molecule has 0 saturated heterocycles. The van der Waals surface area contributed by atoms with E-state index >= 15 is 0 Å². The summed E-state index contributed by atoms with van der Waals surface area (Å²) in [6, 6.07) is 5.96. The van der Waals surface area contributed by atoms with Crippen LogP contribution in [-0.2, 0) is 0 Å². The van der Waals surface area contributed by atoms with Gasteiger partial charge in [-0.3, -0.25) is 4.79 Å². The Kier molecular flexibility index (Phi) is 2.60. The number of rotatable bonds is 1. The number of fused-ring (bicyclic) bond motifs is 1. The maximum atomic E-state index is 13.8. The second kappa shape index (κ2) is 4.17. The molecule has 96 valence electrons. The molecule has 0 fully saturated rings. The minimum absolute atomic E-state index is 0.0263. The van der Waals surface area contributed by atoms with Gasteiger partial charge < -0.3 is 4.98 Å². The number of thiophene rings is 1. The molecule has 1 aromatic carbocycles. The molecule has 0 radical (unpaired) electrons. The molecule has 2 heterocycles. The van der Waals surface area contributed by atoms with Gasteiger partial charge in [0.05, 0.1) is 11.2 Å². The molecule has 0 amide bonds. The van der Waals surface area contributed by atoms with Crippen molar-refractivity contribution in [2.75, 3.05) is 0 Å². The average molecular weight is 276 g/mol. The third-order valence-electron chi connectivity index (χ3n) is 2.85. The zero-order valence-electron chi connectivity index (χ0n) is 9.94. The molecule has 4 nitrogen and oxygen atoms in total. The quantitative estimate of drug-likeness (QED) is 0.740. The summed E-state index contributed by atoms with van der Waals surface area (Å²) in [7, 11) is 0. The van der Waals surface area contributed by atoms with Gasteiger partial charge in [-0.2, -0.15) is 0 Å². The Balaban J connectivity index is 2.46. The predicted octanol–water partition coefficient (Wildman–Crippen LogP) is 2.19. The molecule has 0 atom stereocenters. The van der Waals surface area contributed by atoms with E-state index < -0.39 is 17.1 Å². The number of nitrogens with one attached hydrogen (secondary N) is 1. The van der Waals surface area contributed by atoms with Gasteiger partial charge in [-0.05, 0) is 36.1 Å². The Morgan fingerprint density at radius 3 is 2.84 bits per heavy atom. The number of aryl methyl sites for hydroxylation is 1. The molecule has 0 aliphatic heterocycles. The van der Waals surface area contributed by atoms with Gasteiger partial charge in [0.1, 0.15) is 10.5 Å². The lowest BCUT2D eigenvalue weighted by Crippen LogP contribution is -2.33. The highest BCUT2D eigenvalue weighted by Gasteiger charge is 2.13.